The largest absolute Gasteiger partial charge is 0.495 e. The molecule has 0 aliphatic carbocycles. The molecule has 9 nitrogen and oxygen atoms in total. The summed E-state index contributed by atoms with van der Waals surface area (Å²) in [4.78, 5) is 17.9. The van der Waals surface area contributed by atoms with Crippen molar-refractivity contribution in [2.75, 3.05) is 21.2 Å². The van der Waals surface area contributed by atoms with Crippen molar-refractivity contribution in [2.24, 2.45) is 7.05 Å². The summed E-state index contributed by atoms with van der Waals surface area (Å²) < 4.78 is 22.0. The van der Waals surface area contributed by atoms with E-state index in [1.165, 1.54) is 12.0 Å². The highest BCUT2D eigenvalue weighted by Crippen LogP contribution is 2.44. The van der Waals surface area contributed by atoms with Crippen LogP contribution < -0.4 is 4.74 Å². The highest BCUT2D eigenvalue weighted by atomic mass is 35.5. The number of H-pyrrole nitrogens is 2. The molecule has 4 aromatic rings. The first-order chi connectivity index (χ1) is 13.8. The van der Waals surface area contributed by atoms with Crippen molar-refractivity contribution in [3.8, 4) is 28.4 Å². The lowest BCUT2D eigenvalue weighted by atomic mass is 10.0. The van der Waals surface area contributed by atoms with Gasteiger partial charge in [-0.25, -0.2) is 9.37 Å². The van der Waals surface area contributed by atoms with Crippen LogP contribution >= 0.6 is 11.6 Å². The normalized spacial score (nSPS) is 11.2. The number of aryl methyl sites for hydroxylation is 1. The van der Waals surface area contributed by atoms with E-state index in [1.807, 2.05) is 0 Å². The zero-order valence-electron chi connectivity index (χ0n) is 16.0. The monoisotopic (exact) mass is 417 g/mol. The number of aromatic nitrogens is 6. The summed E-state index contributed by atoms with van der Waals surface area (Å²) >= 11 is 6.14. The molecule has 1 amide bonds. The highest BCUT2D eigenvalue weighted by molar-refractivity contribution is 6.33. The van der Waals surface area contributed by atoms with E-state index in [0.717, 1.165) is 0 Å². The number of benzene rings is 1. The van der Waals surface area contributed by atoms with Gasteiger partial charge in [-0.1, -0.05) is 11.6 Å². The number of carbonyl (C=O) groups is 1. The number of nitrogens with one attached hydrogen (secondary N) is 2. The maximum atomic E-state index is 15.1. The molecule has 0 bridgehead atoms. The van der Waals surface area contributed by atoms with Crippen molar-refractivity contribution in [2.45, 2.75) is 0 Å². The number of fused-ring (bicyclic) bond motifs is 1. The number of rotatable bonds is 4. The number of hydrogen-bond donors (Lipinski definition) is 2. The minimum absolute atomic E-state index is 0.00415. The van der Waals surface area contributed by atoms with Gasteiger partial charge in [-0.15, -0.1) is 5.10 Å². The van der Waals surface area contributed by atoms with E-state index in [9.17, 15) is 4.79 Å². The van der Waals surface area contributed by atoms with Crippen LogP contribution in [0.2, 0.25) is 5.02 Å². The van der Waals surface area contributed by atoms with Crippen LogP contribution in [0.5, 0.6) is 5.75 Å². The van der Waals surface area contributed by atoms with Gasteiger partial charge in [0.25, 0.3) is 5.91 Å². The molecule has 4 rings (SSSR count). The zero-order chi connectivity index (χ0) is 20.9. The van der Waals surface area contributed by atoms with Crippen molar-refractivity contribution >= 4 is 28.4 Å². The standard InChI is InChI=1S/C18H17ClFN7O2/c1-26(2)18(28)17-23-16(24-25-17)15-11(8-6-21-22-7-8)9-5-10(29-4)12(19)13(20)14(9)27(15)3/h5-7H,1-4H3,(H,21,22)(H,23,24,25). The topological polar surface area (TPSA) is 105 Å². The first-order valence-electron chi connectivity index (χ1n) is 8.53. The molecular weight excluding hydrogens is 401 g/mol. The third-order valence-corrected chi connectivity index (χ3v) is 4.99. The van der Waals surface area contributed by atoms with E-state index < -0.39 is 5.82 Å². The van der Waals surface area contributed by atoms with Crippen LogP contribution in [0.1, 0.15) is 10.6 Å². The molecule has 0 unspecified atom stereocenters. The molecule has 29 heavy (non-hydrogen) atoms. The molecule has 0 radical (unpaired) electrons. The number of hydrogen-bond acceptors (Lipinski definition) is 5. The third kappa shape index (κ3) is 2.83. The molecule has 3 heterocycles. The Morgan fingerprint density at radius 2 is 2.14 bits per heavy atom. The van der Waals surface area contributed by atoms with Crippen molar-refractivity contribution in [1.82, 2.24) is 34.8 Å². The second-order valence-electron chi connectivity index (χ2n) is 6.58. The second kappa shape index (κ2) is 6.89. The summed E-state index contributed by atoms with van der Waals surface area (Å²) in [6.45, 7) is 0. The summed E-state index contributed by atoms with van der Waals surface area (Å²) in [5.41, 5.74) is 2.13. The van der Waals surface area contributed by atoms with Gasteiger partial charge >= 0.3 is 0 Å². The van der Waals surface area contributed by atoms with Gasteiger partial charge < -0.3 is 14.2 Å². The fourth-order valence-electron chi connectivity index (χ4n) is 3.29. The van der Waals surface area contributed by atoms with Crippen molar-refractivity contribution in [3.05, 3.63) is 35.1 Å². The van der Waals surface area contributed by atoms with Crippen LogP contribution in [0, 0.1) is 5.82 Å². The third-order valence-electron chi connectivity index (χ3n) is 4.64. The number of methoxy groups -OCH3 is 1. The van der Waals surface area contributed by atoms with Gasteiger partial charge in [-0.3, -0.25) is 15.0 Å². The van der Waals surface area contributed by atoms with E-state index in [2.05, 4.69) is 25.4 Å². The predicted octanol–water partition coefficient (Wildman–Crippen LogP) is 2.86. The van der Waals surface area contributed by atoms with Gasteiger partial charge in [0.1, 0.15) is 10.8 Å². The Morgan fingerprint density at radius 3 is 2.76 bits per heavy atom. The average Bonchev–Trinajstić information content (AvgIpc) is 3.42. The molecule has 11 heteroatoms. The van der Waals surface area contributed by atoms with Gasteiger partial charge in [-0.05, 0) is 6.07 Å². The predicted molar refractivity (Wildman–Crippen MR) is 105 cm³/mol. The van der Waals surface area contributed by atoms with E-state index in [-0.39, 0.29) is 28.0 Å². The van der Waals surface area contributed by atoms with E-state index in [4.69, 9.17) is 16.3 Å². The van der Waals surface area contributed by atoms with Gasteiger partial charge in [0.2, 0.25) is 5.82 Å². The molecule has 2 N–H and O–H groups in total. The minimum atomic E-state index is -0.622. The maximum absolute atomic E-state index is 15.1. The maximum Gasteiger partial charge on any atom is 0.293 e. The number of aromatic amines is 2. The Balaban J connectivity index is 2.07. The molecule has 3 aromatic heterocycles. The van der Waals surface area contributed by atoms with Crippen LogP contribution in [-0.2, 0) is 7.05 Å². The minimum Gasteiger partial charge on any atom is -0.495 e. The number of halogens is 2. The van der Waals surface area contributed by atoms with Crippen LogP contribution in [0.25, 0.3) is 33.5 Å². The molecule has 0 spiro atoms. The lowest BCUT2D eigenvalue weighted by molar-refractivity contribution is 0.0816. The van der Waals surface area contributed by atoms with Crippen LogP contribution in [0.4, 0.5) is 4.39 Å². The van der Waals surface area contributed by atoms with Gasteiger partial charge in [0.15, 0.2) is 11.6 Å². The Morgan fingerprint density at radius 1 is 1.38 bits per heavy atom. The lowest BCUT2D eigenvalue weighted by Crippen LogP contribution is -2.22. The van der Waals surface area contributed by atoms with Crippen LogP contribution in [0.3, 0.4) is 0 Å². The molecular formula is C18H17ClFN7O2. The van der Waals surface area contributed by atoms with Crippen LogP contribution in [0.15, 0.2) is 18.5 Å². The average molecular weight is 418 g/mol. The molecule has 0 atom stereocenters. The summed E-state index contributed by atoms with van der Waals surface area (Å²) in [7, 11) is 6.32. The summed E-state index contributed by atoms with van der Waals surface area (Å²) in [6.07, 6.45) is 3.29. The van der Waals surface area contributed by atoms with E-state index in [0.29, 0.717) is 28.0 Å². The highest BCUT2D eigenvalue weighted by Gasteiger charge is 2.27. The number of nitrogens with zero attached hydrogens (tertiary/aromatic N) is 5. The first-order valence-corrected chi connectivity index (χ1v) is 8.90. The van der Waals surface area contributed by atoms with Crippen molar-refractivity contribution in [1.29, 1.82) is 0 Å². The quantitative estimate of drug-likeness (QED) is 0.531. The number of amides is 1. The van der Waals surface area contributed by atoms with Crippen molar-refractivity contribution in [3.63, 3.8) is 0 Å². The molecule has 0 saturated heterocycles. The summed E-state index contributed by atoms with van der Waals surface area (Å²) in [6, 6.07) is 1.66. The summed E-state index contributed by atoms with van der Waals surface area (Å²) in [5, 5.41) is 14.0. The van der Waals surface area contributed by atoms with E-state index >= 15 is 4.39 Å². The molecule has 150 valence electrons. The SMILES string of the molecule is COc1cc2c(-c3cn[nH]c3)c(-c3nc(C(=O)N(C)C)n[nH]3)n(C)c2c(F)c1Cl. The molecule has 0 saturated carbocycles. The smallest absolute Gasteiger partial charge is 0.293 e. The Kier molecular flexibility index (Phi) is 4.50. The molecule has 0 aliphatic rings. The van der Waals surface area contributed by atoms with E-state index in [1.54, 1.807) is 44.2 Å². The Bertz CT molecular complexity index is 1230. The van der Waals surface area contributed by atoms with Gasteiger partial charge in [-0.2, -0.15) is 5.10 Å². The fraction of sp³-hybridized carbons (Fsp3) is 0.222. The molecule has 0 fully saturated rings. The number of carbonyl (C=O) groups excluding carboxylic acids is 1. The molecule has 1 aromatic carbocycles. The second-order valence-corrected chi connectivity index (χ2v) is 6.96. The Hall–Kier alpha value is -3.40. The fourth-order valence-corrected chi connectivity index (χ4v) is 3.51. The van der Waals surface area contributed by atoms with Gasteiger partial charge in [0.05, 0.1) is 24.5 Å². The molecule has 0 aliphatic heterocycles. The summed E-state index contributed by atoms with van der Waals surface area (Å²) in [5.74, 6) is -0.459. The zero-order valence-corrected chi connectivity index (χ0v) is 16.8. The van der Waals surface area contributed by atoms with Crippen LogP contribution in [-0.4, -0.2) is 62.0 Å². The lowest BCUT2D eigenvalue weighted by Gasteiger charge is -2.07. The number of ether oxygens (including phenoxy) is 1. The van der Waals surface area contributed by atoms with Gasteiger partial charge in [0, 0.05) is 43.9 Å². The Labute approximate surface area is 169 Å². The van der Waals surface area contributed by atoms with Crippen molar-refractivity contribution < 1.29 is 13.9 Å². The first kappa shape index (κ1) is 18.9.